The Kier molecular flexibility index (Phi) is 8.53. The molecule has 0 radical (unpaired) electrons. The highest BCUT2D eigenvalue weighted by atomic mass is 32.2. The van der Waals surface area contributed by atoms with Crippen molar-refractivity contribution in [1.29, 1.82) is 0 Å². The highest BCUT2D eigenvalue weighted by Crippen LogP contribution is 2.25. The smallest absolute Gasteiger partial charge is 0.338 e. The van der Waals surface area contributed by atoms with Gasteiger partial charge in [0, 0.05) is 26.7 Å². The number of benzene rings is 2. The number of carbonyl (C=O) groups excluding carboxylic acids is 2. The zero-order valence-corrected chi connectivity index (χ0v) is 22.2. The maximum absolute atomic E-state index is 13.3. The lowest BCUT2D eigenvalue weighted by Gasteiger charge is -2.30. The highest BCUT2D eigenvalue weighted by molar-refractivity contribution is 7.89. The molecule has 0 bridgehead atoms. The molecule has 2 heterocycles. The number of nitrogens with zero attached hydrogens (tertiary/aromatic N) is 3. The van der Waals surface area contributed by atoms with E-state index in [0.29, 0.717) is 36.4 Å². The van der Waals surface area contributed by atoms with Gasteiger partial charge >= 0.3 is 5.97 Å². The van der Waals surface area contributed by atoms with Crippen molar-refractivity contribution in [1.82, 2.24) is 8.87 Å². The van der Waals surface area contributed by atoms with Gasteiger partial charge in [-0.1, -0.05) is 11.3 Å². The third-order valence-electron chi connectivity index (χ3n) is 6.10. The topological polar surface area (TPSA) is 107 Å². The fourth-order valence-corrected chi connectivity index (χ4v) is 6.83. The third kappa shape index (κ3) is 5.98. The van der Waals surface area contributed by atoms with Gasteiger partial charge in [0.05, 0.1) is 39.8 Å². The SMILES string of the molecule is CCOC(=O)c1ccc2c(c1)sc(=NC(=O)C1CCCN(S(=O)(=O)c3ccc(F)cc3)C1)n2CCOC. The molecule has 1 aliphatic rings. The lowest BCUT2D eigenvalue weighted by molar-refractivity contribution is -0.122. The van der Waals surface area contributed by atoms with Gasteiger partial charge in [0.15, 0.2) is 4.80 Å². The van der Waals surface area contributed by atoms with Crippen molar-refractivity contribution in [2.75, 3.05) is 33.4 Å². The number of carbonyl (C=O) groups is 2. The summed E-state index contributed by atoms with van der Waals surface area (Å²) in [6.07, 6.45) is 1.01. The van der Waals surface area contributed by atoms with E-state index in [2.05, 4.69) is 4.99 Å². The minimum atomic E-state index is -3.87. The number of hydrogen-bond acceptors (Lipinski definition) is 7. The van der Waals surface area contributed by atoms with E-state index >= 15 is 0 Å². The molecule has 0 spiro atoms. The summed E-state index contributed by atoms with van der Waals surface area (Å²) in [5, 5.41) is 0. The second kappa shape index (κ2) is 11.6. The summed E-state index contributed by atoms with van der Waals surface area (Å²) in [4.78, 5) is 30.2. The highest BCUT2D eigenvalue weighted by Gasteiger charge is 2.33. The average molecular weight is 550 g/mol. The van der Waals surface area contributed by atoms with Crippen LogP contribution in [-0.2, 0) is 30.8 Å². The molecule has 1 saturated heterocycles. The van der Waals surface area contributed by atoms with Gasteiger partial charge in [-0.2, -0.15) is 9.30 Å². The number of hydrogen-bond donors (Lipinski definition) is 0. The van der Waals surface area contributed by atoms with Crippen LogP contribution in [0.4, 0.5) is 4.39 Å². The summed E-state index contributed by atoms with van der Waals surface area (Å²) < 4.78 is 53.6. The van der Waals surface area contributed by atoms with Gasteiger partial charge in [-0.3, -0.25) is 4.79 Å². The molecule has 1 atom stereocenters. The third-order valence-corrected chi connectivity index (χ3v) is 9.02. The predicted octanol–water partition coefficient (Wildman–Crippen LogP) is 3.19. The Hall–Kier alpha value is -2.93. The number of piperidine rings is 1. The van der Waals surface area contributed by atoms with E-state index in [1.165, 1.54) is 27.8 Å². The Morgan fingerprint density at radius 2 is 1.95 bits per heavy atom. The number of esters is 1. The number of ether oxygens (including phenoxy) is 2. The molecule has 1 aliphatic heterocycles. The van der Waals surface area contributed by atoms with Gasteiger partial charge in [-0.05, 0) is 62.2 Å². The summed E-state index contributed by atoms with van der Waals surface area (Å²) in [5.74, 6) is -1.98. The first kappa shape index (κ1) is 27.1. The van der Waals surface area contributed by atoms with E-state index in [-0.39, 0.29) is 24.6 Å². The predicted molar refractivity (Wildman–Crippen MR) is 136 cm³/mol. The van der Waals surface area contributed by atoms with Crippen molar-refractivity contribution in [2.24, 2.45) is 10.9 Å². The second-order valence-corrected chi connectivity index (χ2v) is 11.5. The fraction of sp³-hybridized carbons (Fsp3) is 0.400. The standard InChI is InChI=1S/C25H28FN3O6S2/c1-3-35-24(31)17-6-11-21-22(15-17)36-25(29(21)13-14-34-2)27-23(30)18-5-4-12-28(16-18)37(32,33)20-9-7-19(26)8-10-20/h6-11,15,18H,3-5,12-14,16H2,1-2H3. The van der Waals surface area contributed by atoms with Crippen molar-refractivity contribution < 1.29 is 31.9 Å². The summed E-state index contributed by atoms with van der Waals surface area (Å²) in [5.41, 5.74) is 1.20. The molecule has 1 unspecified atom stereocenters. The molecule has 0 saturated carbocycles. The first-order valence-electron chi connectivity index (χ1n) is 11.9. The van der Waals surface area contributed by atoms with Crippen molar-refractivity contribution in [3.8, 4) is 0 Å². The Morgan fingerprint density at radius 3 is 2.65 bits per heavy atom. The van der Waals surface area contributed by atoms with Crippen LogP contribution in [0.15, 0.2) is 52.4 Å². The van der Waals surface area contributed by atoms with Crippen LogP contribution in [0, 0.1) is 11.7 Å². The number of amides is 1. The summed E-state index contributed by atoms with van der Waals surface area (Å²) >= 11 is 1.27. The van der Waals surface area contributed by atoms with Crippen LogP contribution in [-0.4, -0.2) is 62.6 Å². The zero-order chi connectivity index (χ0) is 26.6. The molecule has 1 amide bonds. The van der Waals surface area contributed by atoms with Crippen LogP contribution in [0.1, 0.15) is 30.1 Å². The number of thiazole rings is 1. The molecule has 1 aromatic heterocycles. The molecule has 12 heteroatoms. The van der Waals surface area contributed by atoms with Crippen molar-refractivity contribution in [3.63, 3.8) is 0 Å². The molecule has 4 rings (SSSR count). The van der Waals surface area contributed by atoms with Gasteiger partial charge in [0.2, 0.25) is 10.0 Å². The van der Waals surface area contributed by atoms with Crippen molar-refractivity contribution in [2.45, 2.75) is 31.2 Å². The first-order chi connectivity index (χ1) is 17.7. The molecule has 198 valence electrons. The van der Waals surface area contributed by atoms with E-state index in [9.17, 15) is 22.4 Å². The Labute approximate surface area is 218 Å². The monoisotopic (exact) mass is 549 g/mol. The van der Waals surface area contributed by atoms with Crippen LogP contribution in [0.2, 0.25) is 0 Å². The summed E-state index contributed by atoms with van der Waals surface area (Å²) in [6, 6.07) is 9.81. The lowest BCUT2D eigenvalue weighted by Crippen LogP contribution is -2.42. The molecule has 0 N–H and O–H groups in total. The Bertz CT molecular complexity index is 1460. The number of halogens is 1. The van der Waals surface area contributed by atoms with Crippen LogP contribution in [0.5, 0.6) is 0 Å². The number of fused-ring (bicyclic) bond motifs is 1. The van der Waals surface area contributed by atoms with E-state index in [1.54, 1.807) is 32.2 Å². The van der Waals surface area contributed by atoms with Crippen molar-refractivity contribution >= 4 is 43.5 Å². The maximum atomic E-state index is 13.3. The van der Waals surface area contributed by atoms with E-state index in [4.69, 9.17) is 9.47 Å². The quantitative estimate of drug-likeness (QED) is 0.400. The normalized spacial score (nSPS) is 17.3. The number of sulfonamides is 1. The van der Waals surface area contributed by atoms with Crippen LogP contribution < -0.4 is 4.80 Å². The number of methoxy groups -OCH3 is 1. The Morgan fingerprint density at radius 1 is 1.19 bits per heavy atom. The molecule has 9 nitrogen and oxygen atoms in total. The summed E-state index contributed by atoms with van der Waals surface area (Å²) in [6.45, 7) is 3.10. The van der Waals surface area contributed by atoms with Crippen molar-refractivity contribution in [3.05, 3.63) is 58.6 Å². The second-order valence-electron chi connectivity index (χ2n) is 8.54. The molecular weight excluding hydrogens is 521 g/mol. The fourth-order valence-electron chi connectivity index (χ4n) is 4.20. The van der Waals surface area contributed by atoms with E-state index in [0.717, 1.165) is 22.3 Å². The first-order valence-corrected chi connectivity index (χ1v) is 14.1. The molecule has 37 heavy (non-hydrogen) atoms. The van der Waals surface area contributed by atoms with Crippen LogP contribution in [0.25, 0.3) is 10.2 Å². The molecular formula is C25H28FN3O6S2. The van der Waals surface area contributed by atoms with Crippen LogP contribution in [0.3, 0.4) is 0 Å². The lowest BCUT2D eigenvalue weighted by atomic mass is 9.99. The van der Waals surface area contributed by atoms with Gasteiger partial charge in [-0.25, -0.2) is 17.6 Å². The number of aromatic nitrogens is 1. The molecule has 1 fully saturated rings. The zero-order valence-electron chi connectivity index (χ0n) is 20.6. The van der Waals surface area contributed by atoms with Gasteiger partial charge in [0.25, 0.3) is 5.91 Å². The summed E-state index contributed by atoms with van der Waals surface area (Å²) in [7, 11) is -2.29. The maximum Gasteiger partial charge on any atom is 0.338 e. The minimum Gasteiger partial charge on any atom is -0.462 e. The van der Waals surface area contributed by atoms with E-state index in [1.807, 2.05) is 4.57 Å². The average Bonchev–Trinajstić information content (AvgIpc) is 3.23. The Balaban J connectivity index is 1.63. The number of rotatable bonds is 8. The van der Waals surface area contributed by atoms with Gasteiger partial charge in [-0.15, -0.1) is 0 Å². The minimum absolute atomic E-state index is 0.00197. The van der Waals surface area contributed by atoms with Gasteiger partial charge < -0.3 is 14.0 Å². The molecule has 0 aliphatic carbocycles. The molecule has 2 aromatic carbocycles. The van der Waals surface area contributed by atoms with E-state index < -0.39 is 33.6 Å². The molecule has 3 aromatic rings. The van der Waals surface area contributed by atoms with Gasteiger partial charge in [0.1, 0.15) is 5.82 Å². The van der Waals surface area contributed by atoms with Crippen LogP contribution >= 0.6 is 11.3 Å². The largest absolute Gasteiger partial charge is 0.462 e.